The highest BCUT2D eigenvalue weighted by Crippen LogP contribution is 2.12. The minimum Gasteiger partial charge on any atom is -0.462 e. The van der Waals surface area contributed by atoms with E-state index in [2.05, 4.69) is 10.3 Å². The third-order valence-corrected chi connectivity index (χ3v) is 2.51. The van der Waals surface area contributed by atoms with Crippen LogP contribution in [0.5, 0.6) is 0 Å². The predicted octanol–water partition coefficient (Wildman–Crippen LogP) is 2.44. The standard InChI is InChI=1S/C14H14N2O3/c1-2-19-14(18)10-3-5-12(6-4-10)16-13(17)11-7-8-15-9-11/h3-9,15H,2H2,1H3,(H,16,17). The first-order valence-corrected chi connectivity index (χ1v) is 5.92. The number of ether oxygens (including phenoxy) is 1. The molecule has 1 amide bonds. The molecule has 1 aromatic heterocycles. The van der Waals surface area contributed by atoms with Crippen LogP contribution in [0.2, 0.25) is 0 Å². The van der Waals surface area contributed by atoms with Crippen molar-refractivity contribution in [3.05, 3.63) is 53.9 Å². The molecule has 1 aromatic carbocycles. The zero-order chi connectivity index (χ0) is 13.7. The first-order valence-electron chi connectivity index (χ1n) is 5.92. The monoisotopic (exact) mass is 258 g/mol. The Balaban J connectivity index is 2.03. The highest BCUT2D eigenvalue weighted by molar-refractivity contribution is 6.04. The lowest BCUT2D eigenvalue weighted by atomic mass is 10.2. The molecule has 0 aliphatic carbocycles. The molecule has 0 unspecified atom stereocenters. The summed E-state index contributed by atoms with van der Waals surface area (Å²) in [6.07, 6.45) is 3.29. The lowest BCUT2D eigenvalue weighted by Gasteiger charge is -2.05. The van der Waals surface area contributed by atoms with Gasteiger partial charge in [-0.25, -0.2) is 4.79 Å². The van der Waals surface area contributed by atoms with Gasteiger partial charge in [-0.15, -0.1) is 0 Å². The van der Waals surface area contributed by atoms with Crippen LogP contribution in [0.4, 0.5) is 5.69 Å². The smallest absolute Gasteiger partial charge is 0.338 e. The van der Waals surface area contributed by atoms with Crippen molar-refractivity contribution in [1.82, 2.24) is 4.98 Å². The van der Waals surface area contributed by atoms with Crippen molar-refractivity contribution in [2.24, 2.45) is 0 Å². The number of benzene rings is 1. The second-order valence-electron chi connectivity index (χ2n) is 3.85. The van der Waals surface area contributed by atoms with E-state index in [4.69, 9.17) is 4.74 Å². The predicted molar refractivity (Wildman–Crippen MR) is 71.1 cm³/mol. The van der Waals surface area contributed by atoms with Gasteiger partial charge in [0.05, 0.1) is 17.7 Å². The molecule has 0 fully saturated rings. The average molecular weight is 258 g/mol. The minimum atomic E-state index is -0.369. The molecule has 2 aromatic rings. The summed E-state index contributed by atoms with van der Waals surface area (Å²) in [5.41, 5.74) is 1.63. The molecule has 0 bridgehead atoms. The fraction of sp³-hybridized carbons (Fsp3) is 0.143. The molecule has 0 aliphatic rings. The molecule has 0 radical (unpaired) electrons. The largest absolute Gasteiger partial charge is 0.462 e. The number of carbonyl (C=O) groups excluding carboxylic acids is 2. The molecule has 0 saturated heterocycles. The summed E-state index contributed by atoms with van der Waals surface area (Å²) in [6, 6.07) is 8.24. The highest BCUT2D eigenvalue weighted by Gasteiger charge is 2.08. The van der Waals surface area contributed by atoms with Crippen molar-refractivity contribution < 1.29 is 14.3 Å². The van der Waals surface area contributed by atoms with Gasteiger partial charge in [0.25, 0.3) is 5.91 Å². The van der Waals surface area contributed by atoms with Crippen LogP contribution in [0.25, 0.3) is 0 Å². The van der Waals surface area contributed by atoms with Gasteiger partial charge in [-0.3, -0.25) is 4.79 Å². The van der Waals surface area contributed by atoms with E-state index in [0.29, 0.717) is 23.4 Å². The van der Waals surface area contributed by atoms with E-state index >= 15 is 0 Å². The number of anilines is 1. The molecular formula is C14H14N2O3. The molecule has 5 heteroatoms. The lowest BCUT2D eigenvalue weighted by Crippen LogP contribution is -2.11. The molecule has 1 heterocycles. The Bertz CT molecular complexity index is 559. The summed E-state index contributed by atoms with van der Waals surface area (Å²) in [5.74, 6) is -0.573. The van der Waals surface area contributed by atoms with E-state index in [0.717, 1.165) is 0 Å². The molecule has 5 nitrogen and oxygen atoms in total. The number of aromatic amines is 1. The van der Waals surface area contributed by atoms with Crippen LogP contribution in [0.3, 0.4) is 0 Å². The number of rotatable bonds is 4. The van der Waals surface area contributed by atoms with Gasteiger partial charge >= 0.3 is 5.97 Å². The fourth-order valence-corrected chi connectivity index (χ4v) is 1.57. The molecule has 2 rings (SSSR count). The average Bonchev–Trinajstić information content (AvgIpc) is 2.94. The number of hydrogen-bond donors (Lipinski definition) is 2. The number of amides is 1. The molecule has 0 atom stereocenters. The summed E-state index contributed by atoms with van der Waals surface area (Å²) in [7, 11) is 0. The second-order valence-corrected chi connectivity index (χ2v) is 3.85. The van der Waals surface area contributed by atoms with Crippen molar-refractivity contribution in [1.29, 1.82) is 0 Å². The second kappa shape index (κ2) is 5.86. The van der Waals surface area contributed by atoms with E-state index in [1.54, 1.807) is 49.6 Å². The molecule has 98 valence electrons. The van der Waals surface area contributed by atoms with Gasteiger partial charge in [0.1, 0.15) is 0 Å². The Kier molecular flexibility index (Phi) is 3.97. The summed E-state index contributed by atoms with van der Waals surface area (Å²) in [6.45, 7) is 2.09. The molecule has 0 aliphatic heterocycles. The number of hydrogen-bond acceptors (Lipinski definition) is 3. The molecule has 0 spiro atoms. The zero-order valence-corrected chi connectivity index (χ0v) is 10.5. The maximum atomic E-state index is 11.8. The molecular weight excluding hydrogens is 244 g/mol. The summed E-state index contributed by atoms with van der Waals surface area (Å²) < 4.78 is 4.88. The minimum absolute atomic E-state index is 0.204. The maximum absolute atomic E-state index is 11.8. The lowest BCUT2D eigenvalue weighted by molar-refractivity contribution is 0.0526. The highest BCUT2D eigenvalue weighted by atomic mass is 16.5. The van der Waals surface area contributed by atoms with Gasteiger partial charge in [-0.2, -0.15) is 0 Å². The van der Waals surface area contributed by atoms with E-state index < -0.39 is 0 Å². The Morgan fingerprint density at radius 2 is 1.89 bits per heavy atom. The Labute approximate surface area is 110 Å². The first kappa shape index (κ1) is 12.9. The summed E-state index contributed by atoms with van der Waals surface area (Å²) >= 11 is 0. The van der Waals surface area contributed by atoms with Crippen LogP contribution in [-0.4, -0.2) is 23.5 Å². The third kappa shape index (κ3) is 3.22. The van der Waals surface area contributed by atoms with Crippen molar-refractivity contribution in [2.45, 2.75) is 6.92 Å². The normalized spacial score (nSPS) is 9.95. The Hall–Kier alpha value is -2.56. The molecule has 19 heavy (non-hydrogen) atoms. The first-order chi connectivity index (χ1) is 9.20. The van der Waals surface area contributed by atoms with E-state index in [1.165, 1.54) is 0 Å². The number of carbonyl (C=O) groups is 2. The van der Waals surface area contributed by atoms with Crippen LogP contribution in [0.1, 0.15) is 27.6 Å². The van der Waals surface area contributed by atoms with Gasteiger partial charge in [0, 0.05) is 18.1 Å². The quantitative estimate of drug-likeness (QED) is 0.827. The van der Waals surface area contributed by atoms with Crippen LogP contribution in [0, 0.1) is 0 Å². The fourth-order valence-electron chi connectivity index (χ4n) is 1.57. The number of H-pyrrole nitrogens is 1. The Morgan fingerprint density at radius 3 is 2.47 bits per heavy atom. The van der Waals surface area contributed by atoms with Crippen molar-refractivity contribution in [3.8, 4) is 0 Å². The molecule has 2 N–H and O–H groups in total. The Morgan fingerprint density at radius 1 is 1.16 bits per heavy atom. The zero-order valence-electron chi connectivity index (χ0n) is 10.5. The van der Waals surface area contributed by atoms with E-state index in [1.807, 2.05) is 0 Å². The van der Waals surface area contributed by atoms with Crippen LogP contribution >= 0.6 is 0 Å². The SMILES string of the molecule is CCOC(=O)c1ccc(NC(=O)c2cc[nH]c2)cc1. The summed E-state index contributed by atoms with van der Waals surface area (Å²) in [4.78, 5) is 26.0. The van der Waals surface area contributed by atoms with Gasteiger partial charge in [0.15, 0.2) is 0 Å². The van der Waals surface area contributed by atoms with E-state index in [9.17, 15) is 9.59 Å². The maximum Gasteiger partial charge on any atom is 0.338 e. The van der Waals surface area contributed by atoms with Gasteiger partial charge < -0.3 is 15.0 Å². The van der Waals surface area contributed by atoms with Crippen molar-refractivity contribution in [2.75, 3.05) is 11.9 Å². The van der Waals surface area contributed by atoms with Crippen molar-refractivity contribution >= 4 is 17.6 Å². The van der Waals surface area contributed by atoms with Gasteiger partial charge in [0.2, 0.25) is 0 Å². The van der Waals surface area contributed by atoms with Gasteiger partial charge in [-0.1, -0.05) is 0 Å². The molecule has 0 saturated carbocycles. The van der Waals surface area contributed by atoms with Crippen molar-refractivity contribution in [3.63, 3.8) is 0 Å². The van der Waals surface area contributed by atoms with Crippen LogP contribution in [-0.2, 0) is 4.74 Å². The number of esters is 1. The number of nitrogens with one attached hydrogen (secondary N) is 2. The van der Waals surface area contributed by atoms with Crippen LogP contribution in [0.15, 0.2) is 42.7 Å². The third-order valence-electron chi connectivity index (χ3n) is 2.51. The summed E-state index contributed by atoms with van der Waals surface area (Å²) in [5, 5.41) is 2.73. The van der Waals surface area contributed by atoms with E-state index in [-0.39, 0.29) is 11.9 Å². The number of aromatic nitrogens is 1. The van der Waals surface area contributed by atoms with Gasteiger partial charge in [-0.05, 0) is 37.3 Å². The van der Waals surface area contributed by atoms with Crippen LogP contribution < -0.4 is 5.32 Å². The topological polar surface area (TPSA) is 71.2 Å².